The summed E-state index contributed by atoms with van der Waals surface area (Å²) < 4.78 is 0. The highest BCUT2D eigenvalue weighted by molar-refractivity contribution is 7.15. The number of aromatic nitrogens is 3. The number of rotatable bonds is 4. The van der Waals surface area contributed by atoms with Crippen LogP contribution in [-0.4, -0.2) is 21.5 Å². The minimum Gasteiger partial charge on any atom is -0.345 e. The Balaban J connectivity index is 1.90. The number of imidazole rings is 1. The zero-order valence-electron chi connectivity index (χ0n) is 9.89. The third kappa shape index (κ3) is 2.14. The second-order valence-electron chi connectivity index (χ2n) is 4.14. The van der Waals surface area contributed by atoms with Crippen molar-refractivity contribution in [1.29, 1.82) is 0 Å². The van der Waals surface area contributed by atoms with Gasteiger partial charge < -0.3 is 10.7 Å². The molecule has 3 rings (SSSR count). The summed E-state index contributed by atoms with van der Waals surface area (Å²) in [7, 11) is 0. The van der Waals surface area contributed by atoms with Crippen molar-refractivity contribution in [2.24, 2.45) is 5.73 Å². The average Bonchev–Trinajstić information content (AvgIpc) is 3.04. The highest BCUT2D eigenvalue weighted by atomic mass is 32.1. The number of aromatic amines is 1. The zero-order valence-corrected chi connectivity index (χ0v) is 10.7. The quantitative estimate of drug-likeness (QED) is 0.755. The first kappa shape index (κ1) is 11.4. The van der Waals surface area contributed by atoms with Gasteiger partial charge in [0.15, 0.2) is 0 Å². The topological polar surface area (TPSA) is 67.6 Å². The number of aryl methyl sites for hydroxylation is 1. The molecule has 2 heterocycles. The van der Waals surface area contributed by atoms with E-state index in [1.807, 2.05) is 12.3 Å². The van der Waals surface area contributed by atoms with E-state index < -0.39 is 0 Å². The van der Waals surface area contributed by atoms with Gasteiger partial charge in [-0.15, -0.1) is 11.3 Å². The van der Waals surface area contributed by atoms with E-state index in [2.05, 4.69) is 27.1 Å². The number of benzene rings is 1. The molecule has 0 aliphatic carbocycles. The molecule has 92 valence electrons. The molecule has 0 fully saturated rings. The van der Waals surface area contributed by atoms with Gasteiger partial charge in [0.25, 0.3) is 0 Å². The van der Waals surface area contributed by atoms with Crippen molar-refractivity contribution in [3.63, 3.8) is 0 Å². The van der Waals surface area contributed by atoms with Gasteiger partial charge in [0.2, 0.25) is 0 Å². The number of nitrogens with two attached hydrogens (primary N) is 1. The summed E-state index contributed by atoms with van der Waals surface area (Å²) >= 11 is 1.74. The fourth-order valence-electron chi connectivity index (χ4n) is 1.90. The van der Waals surface area contributed by atoms with Crippen LogP contribution in [0.15, 0.2) is 30.7 Å². The number of hydrogen-bond acceptors (Lipinski definition) is 4. The average molecular weight is 258 g/mol. The Morgan fingerprint density at radius 2 is 2.22 bits per heavy atom. The highest BCUT2D eigenvalue weighted by Gasteiger charge is 2.05. The van der Waals surface area contributed by atoms with E-state index in [9.17, 15) is 0 Å². The molecule has 0 unspecified atom stereocenters. The Hall–Kier alpha value is -1.72. The molecule has 3 aromatic rings. The Bertz CT molecular complexity index is 656. The monoisotopic (exact) mass is 258 g/mol. The molecule has 0 aliphatic heterocycles. The fraction of sp³-hybridized carbons (Fsp3) is 0.231. The number of nitrogens with zero attached hydrogens (tertiary/aromatic N) is 2. The van der Waals surface area contributed by atoms with Crippen LogP contribution in [0.25, 0.3) is 21.5 Å². The predicted octanol–water partition coefficient (Wildman–Crippen LogP) is 2.58. The summed E-state index contributed by atoms with van der Waals surface area (Å²) in [6, 6.07) is 6.23. The van der Waals surface area contributed by atoms with Crippen molar-refractivity contribution in [3.05, 3.63) is 35.7 Å². The van der Waals surface area contributed by atoms with Gasteiger partial charge in [-0.1, -0.05) is 6.07 Å². The summed E-state index contributed by atoms with van der Waals surface area (Å²) in [4.78, 5) is 13.0. The van der Waals surface area contributed by atoms with Crippen LogP contribution in [0, 0.1) is 0 Å². The van der Waals surface area contributed by atoms with Crippen molar-refractivity contribution in [1.82, 2.24) is 15.0 Å². The molecule has 0 aliphatic rings. The van der Waals surface area contributed by atoms with Gasteiger partial charge in [-0.25, -0.2) is 9.97 Å². The molecule has 0 saturated heterocycles. The molecular weight excluding hydrogens is 244 g/mol. The number of hydrogen-bond donors (Lipinski definition) is 2. The van der Waals surface area contributed by atoms with Crippen LogP contribution in [0.3, 0.4) is 0 Å². The van der Waals surface area contributed by atoms with Crippen LogP contribution in [0.2, 0.25) is 0 Å². The summed E-state index contributed by atoms with van der Waals surface area (Å²) in [6.45, 7) is 0.717. The molecule has 3 N–H and O–H groups in total. The van der Waals surface area contributed by atoms with E-state index >= 15 is 0 Å². The first-order valence-electron chi connectivity index (χ1n) is 5.95. The Kier molecular flexibility index (Phi) is 3.08. The standard InChI is InChI=1S/C13H14N4S/c14-5-1-2-13-15-7-12(18-13)9-3-4-10-11(6-9)17-8-16-10/h3-4,6-8H,1-2,5,14H2,(H,16,17). The molecule has 0 saturated carbocycles. The maximum absolute atomic E-state index is 5.51. The molecule has 0 spiro atoms. The van der Waals surface area contributed by atoms with Crippen molar-refractivity contribution < 1.29 is 0 Å². The van der Waals surface area contributed by atoms with Crippen molar-refractivity contribution >= 4 is 22.4 Å². The second kappa shape index (κ2) is 4.88. The minimum atomic E-state index is 0.717. The molecule has 1 aromatic carbocycles. The lowest BCUT2D eigenvalue weighted by Gasteiger charge is -1.96. The van der Waals surface area contributed by atoms with Gasteiger partial charge in [0.05, 0.1) is 27.2 Å². The van der Waals surface area contributed by atoms with E-state index in [4.69, 9.17) is 5.73 Å². The van der Waals surface area contributed by atoms with Gasteiger partial charge in [0.1, 0.15) is 0 Å². The third-order valence-electron chi connectivity index (χ3n) is 2.85. The van der Waals surface area contributed by atoms with Gasteiger partial charge in [-0.3, -0.25) is 0 Å². The molecule has 2 aromatic heterocycles. The lowest BCUT2D eigenvalue weighted by Crippen LogP contribution is -1.99. The summed E-state index contributed by atoms with van der Waals surface area (Å²) in [5.74, 6) is 0. The van der Waals surface area contributed by atoms with Crippen molar-refractivity contribution in [3.8, 4) is 10.4 Å². The van der Waals surface area contributed by atoms with Crippen LogP contribution in [0.1, 0.15) is 11.4 Å². The molecule has 0 radical (unpaired) electrons. The molecule has 0 bridgehead atoms. The molecule has 4 nitrogen and oxygen atoms in total. The van der Waals surface area contributed by atoms with Crippen molar-refractivity contribution in [2.45, 2.75) is 12.8 Å². The number of thiazole rings is 1. The van der Waals surface area contributed by atoms with E-state index in [0.717, 1.165) is 35.4 Å². The highest BCUT2D eigenvalue weighted by Crippen LogP contribution is 2.28. The molecular formula is C13H14N4S. The van der Waals surface area contributed by atoms with Crippen LogP contribution >= 0.6 is 11.3 Å². The van der Waals surface area contributed by atoms with Crippen LogP contribution in [-0.2, 0) is 6.42 Å². The second-order valence-corrected chi connectivity index (χ2v) is 5.26. The van der Waals surface area contributed by atoms with Gasteiger partial charge in [-0.2, -0.15) is 0 Å². The van der Waals surface area contributed by atoms with Crippen LogP contribution in [0.5, 0.6) is 0 Å². The number of nitrogens with one attached hydrogen (secondary N) is 1. The van der Waals surface area contributed by atoms with Gasteiger partial charge in [0, 0.05) is 12.6 Å². The first-order valence-corrected chi connectivity index (χ1v) is 6.77. The zero-order chi connectivity index (χ0) is 12.4. The van der Waals surface area contributed by atoms with Crippen LogP contribution < -0.4 is 5.73 Å². The summed E-state index contributed by atoms with van der Waals surface area (Å²) in [5.41, 5.74) is 8.75. The SMILES string of the molecule is NCCCc1ncc(-c2ccc3nc[nH]c3c2)s1. The van der Waals surface area contributed by atoms with E-state index in [0.29, 0.717) is 0 Å². The Labute approximate surface area is 109 Å². The summed E-state index contributed by atoms with van der Waals surface area (Å²) in [6.07, 6.45) is 5.61. The molecule has 0 amide bonds. The maximum atomic E-state index is 5.51. The smallest absolute Gasteiger partial charge is 0.0931 e. The molecule has 18 heavy (non-hydrogen) atoms. The lowest BCUT2D eigenvalue weighted by atomic mass is 10.2. The normalized spacial score (nSPS) is 11.2. The fourth-order valence-corrected chi connectivity index (χ4v) is 2.86. The van der Waals surface area contributed by atoms with Gasteiger partial charge >= 0.3 is 0 Å². The lowest BCUT2D eigenvalue weighted by molar-refractivity contribution is 0.826. The first-order chi connectivity index (χ1) is 8.86. The maximum Gasteiger partial charge on any atom is 0.0931 e. The summed E-state index contributed by atoms with van der Waals surface area (Å²) in [5, 5.41) is 1.15. The number of fused-ring (bicyclic) bond motifs is 1. The Morgan fingerprint density at radius 1 is 1.28 bits per heavy atom. The molecule has 0 atom stereocenters. The van der Waals surface area contributed by atoms with Gasteiger partial charge in [-0.05, 0) is 30.7 Å². The molecule has 5 heteroatoms. The van der Waals surface area contributed by atoms with Crippen LogP contribution in [0.4, 0.5) is 0 Å². The van der Waals surface area contributed by atoms with E-state index in [1.165, 1.54) is 10.4 Å². The van der Waals surface area contributed by atoms with E-state index in [1.54, 1.807) is 17.7 Å². The van der Waals surface area contributed by atoms with E-state index in [-0.39, 0.29) is 0 Å². The largest absolute Gasteiger partial charge is 0.345 e. The third-order valence-corrected chi connectivity index (χ3v) is 3.96. The number of H-pyrrole nitrogens is 1. The Morgan fingerprint density at radius 3 is 3.11 bits per heavy atom. The van der Waals surface area contributed by atoms with Crippen molar-refractivity contribution in [2.75, 3.05) is 6.54 Å². The minimum absolute atomic E-state index is 0.717. The predicted molar refractivity (Wildman–Crippen MR) is 74.6 cm³/mol.